The average Bonchev–Trinajstić information content (AvgIpc) is 2.83. The van der Waals surface area contributed by atoms with Gasteiger partial charge < -0.3 is 4.74 Å². The number of esters is 1. The summed E-state index contributed by atoms with van der Waals surface area (Å²) in [6.07, 6.45) is 6.94. The van der Waals surface area contributed by atoms with Gasteiger partial charge in [-0.3, -0.25) is 9.67 Å². The molecule has 2 aromatic heterocycles. The van der Waals surface area contributed by atoms with Gasteiger partial charge in [0.25, 0.3) is 0 Å². The zero-order chi connectivity index (χ0) is 14.5. The van der Waals surface area contributed by atoms with Crippen LogP contribution >= 0.6 is 0 Å². The monoisotopic (exact) mass is 271 g/mol. The van der Waals surface area contributed by atoms with Crippen molar-refractivity contribution in [3.8, 4) is 0 Å². The van der Waals surface area contributed by atoms with Gasteiger partial charge in [-0.15, -0.1) is 0 Å². The molecule has 5 heteroatoms. The summed E-state index contributed by atoms with van der Waals surface area (Å²) in [6, 6.07) is 3.75. The molecule has 0 aliphatic carbocycles. The second kappa shape index (κ2) is 6.14. The van der Waals surface area contributed by atoms with Crippen molar-refractivity contribution >= 4 is 17.6 Å². The van der Waals surface area contributed by atoms with Crippen LogP contribution in [-0.2, 0) is 16.6 Å². The number of hydrogen-bond donors (Lipinski definition) is 0. The van der Waals surface area contributed by atoms with Crippen molar-refractivity contribution in [2.24, 2.45) is 7.05 Å². The first kappa shape index (κ1) is 14.0. The number of carbonyl (C=O) groups is 1. The fourth-order valence-electron chi connectivity index (χ4n) is 1.88. The molecule has 2 rings (SSSR count). The number of nitrogens with zero attached hydrogens (tertiary/aromatic N) is 3. The molecular weight excluding hydrogens is 254 g/mol. The minimum atomic E-state index is -0.377. The Morgan fingerprint density at radius 1 is 1.50 bits per heavy atom. The van der Waals surface area contributed by atoms with Crippen molar-refractivity contribution in [2.45, 2.75) is 13.8 Å². The van der Waals surface area contributed by atoms with Crippen molar-refractivity contribution < 1.29 is 9.53 Å². The van der Waals surface area contributed by atoms with E-state index in [-0.39, 0.29) is 5.97 Å². The molecule has 20 heavy (non-hydrogen) atoms. The molecule has 0 fully saturated rings. The smallest absolute Gasteiger partial charge is 0.340 e. The molecule has 2 heterocycles. The molecule has 0 atom stereocenters. The Balaban J connectivity index is 2.48. The maximum Gasteiger partial charge on any atom is 0.340 e. The molecule has 0 aromatic carbocycles. The van der Waals surface area contributed by atoms with Crippen LogP contribution in [0.2, 0.25) is 0 Å². The molecule has 0 saturated heterocycles. The summed E-state index contributed by atoms with van der Waals surface area (Å²) in [5.74, 6) is -0.377. The van der Waals surface area contributed by atoms with Crippen molar-refractivity contribution in [3.63, 3.8) is 0 Å². The molecule has 0 saturated carbocycles. The van der Waals surface area contributed by atoms with E-state index in [1.54, 1.807) is 30.1 Å². The molecule has 0 radical (unpaired) electrons. The molecule has 104 valence electrons. The Bertz CT molecular complexity index is 644. The SMILES string of the molecule is CCOC(=O)/C(=C/c1cnn(C)c1)c1ncccc1C. The number of aromatic nitrogens is 3. The van der Waals surface area contributed by atoms with Crippen LogP contribution in [-0.4, -0.2) is 27.3 Å². The standard InChI is InChI=1S/C15H17N3O2/c1-4-20-15(19)13(8-12-9-17-18(3)10-12)14-11(2)6-5-7-16-14/h5-10H,4H2,1-3H3/b13-8+. The van der Waals surface area contributed by atoms with Crippen molar-refractivity contribution in [3.05, 3.63) is 47.5 Å². The topological polar surface area (TPSA) is 57.0 Å². The number of hydrogen-bond acceptors (Lipinski definition) is 4. The summed E-state index contributed by atoms with van der Waals surface area (Å²) in [6.45, 7) is 4.03. The van der Waals surface area contributed by atoms with E-state index >= 15 is 0 Å². The van der Waals surface area contributed by atoms with Gasteiger partial charge in [0.2, 0.25) is 0 Å². The molecule has 2 aromatic rings. The van der Waals surface area contributed by atoms with Crippen molar-refractivity contribution in [1.82, 2.24) is 14.8 Å². The van der Waals surface area contributed by atoms with Crippen molar-refractivity contribution in [1.29, 1.82) is 0 Å². The van der Waals surface area contributed by atoms with Gasteiger partial charge in [0, 0.05) is 25.0 Å². The minimum absolute atomic E-state index is 0.328. The van der Waals surface area contributed by atoms with E-state index in [9.17, 15) is 4.79 Å². The van der Waals surface area contributed by atoms with Crippen molar-refractivity contribution in [2.75, 3.05) is 6.61 Å². The molecule has 0 spiro atoms. The third-order valence-corrected chi connectivity index (χ3v) is 2.80. The van der Waals surface area contributed by atoms with Gasteiger partial charge >= 0.3 is 5.97 Å². The highest BCUT2D eigenvalue weighted by atomic mass is 16.5. The maximum absolute atomic E-state index is 12.1. The molecule has 5 nitrogen and oxygen atoms in total. The van der Waals surface area contributed by atoms with Gasteiger partial charge in [0.15, 0.2) is 0 Å². The fourth-order valence-corrected chi connectivity index (χ4v) is 1.88. The Labute approximate surface area is 117 Å². The quantitative estimate of drug-likeness (QED) is 0.632. The Morgan fingerprint density at radius 3 is 2.90 bits per heavy atom. The van der Waals surface area contributed by atoms with E-state index in [1.807, 2.05) is 32.3 Å². The summed E-state index contributed by atoms with van der Waals surface area (Å²) < 4.78 is 6.80. The predicted octanol–water partition coefficient (Wildman–Crippen LogP) is 2.23. The van der Waals surface area contributed by atoms with Gasteiger partial charge in [-0.05, 0) is 31.6 Å². The van der Waals surface area contributed by atoms with Crippen LogP contribution in [0.25, 0.3) is 11.6 Å². The van der Waals surface area contributed by atoms with E-state index in [1.165, 1.54) is 0 Å². The Hall–Kier alpha value is -2.43. The first-order valence-electron chi connectivity index (χ1n) is 6.41. The lowest BCUT2D eigenvalue weighted by molar-refractivity contribution is -0.136. The summed E-state index contributed by atoms with van der Waals surface area (Å²) in [5.41, 5.74) is 2.84. The highest BCUT2D eigenvalue weighted by Gasteiger charge is 2.16. The first-order valence-corrected chi connectivity index (χ1v) is 6.41. The van der Waals surface area contributed by atoms with E-state index in [2.05, 4.69) is 10.1 Å². The molecule has 0 bridgehead atoms. The molecule has 0 aliphatic rings. The summed E-state index contributed by atoms with van der Waals surface area (Å²) in [4.78, 5) is 16.4. The molecule has 0 aliphatic heterocycles. The molecule has 0 amide bonds. The average molecular weight is 271 g/mol. The van der Waals surface area contributed by atoms with Crippen LogP contribution in [0.5, 0.6) is 0 Å². The van der Waals surface area contributed by atoms with Crippen LogP contribution in [0.3, 0.4) is 0 Å². The van der Waals surface area contributed by atoms with E-state index in [4.69, 9.17) is 4.74 Å². The first-order chi connectivity index (χ1) is 9.61. The lowest BCUT2D eigenvalue weighted by atomic mass is 10.1. The number of ether oxygens (including phenoxy) is 1. The highest BCUT2D eigenvalue weighted by molar-refractivity contribution is 6.21. The highest BCUT2D eigenvalue weighted by Crippen LogP contribution is 2.20. The second-order valence-corrected chi connectivity index (χ2v) is 4.39. The van der Waals surface area contributed by atoms with Gasteiger partial charge in [0.05, 0.1) is 24.1 Å². The van der Waals surface area contributed by atoms with Crippen LogP contribution in [0, 0.1) is 6.92 Å². The number of pyridine rings is 1. The Kier molecular flexibility index (Phi) is 4.30. The molecule has 0 unspecified atom stereocenters. The van der Waals surface area contributed by atoms with Crippen LogP contribution in [0.1, 0.15) is 23.7 Å². The molecule has 0 N–H and O–H groups in total. The Morgan fingerprint density at radius 2 is 2.30 bits per heavy atom. The zero-order valence-electron chi connectivity index (χ0n) is 11.8. The zero-order valence-corrected chi connectivity index (χ0v) is 11.8. The van der Waals surface area contributed by atoms with Crippen LogP contribution < -0.4 is 0 Å². The summed E-state index contributed by atoms with van der Waals surface area (Å²) in [5, 5.41) is 4.09. The van der Waals surface area contributed by atoms with Crippen LogP contribution in [0.15, 0.2) is 30.7 Å². The second-order valence-electron chi connectivity index (χ2n) is 4.39. The van der Waals surface area contributed by atoms with Gasteiger partial charge in [-0.2, -0.15) is 5.10 Å². The third kappa shape index (κ3) is 3.12. The lowest BCUT2D eigenvalue weighted by Crippen LogP contribution is -2.09. The fraction of sp³-hybridized carbons (Fsp3) is 0.267. The molecular formula is C15H17N3O2. The summed E-state index contributed by atoms with van der Waals surface area (Å²) >= 11 is 0. The predicted molar refractivity (Wildman–Crippen MR) is 76.7 cm³/mol. The number of carbonyl (C=O) groups excluding carboxylic acids is 1. The lowest BCUT2D eigenvalue weighted by Gasteiger charge is -2.08. The van der Waals surface area contributed by atoms with E-state index in [0.29, 0.717) is 17.9 Å². The third-order valence-electron chi connectivity index (χ3n) is 2.80. The largest absolute Gasteiger partial charge is 0.462 e. The van der Waals surface area contributed by atoms with Gasteiger partial charge in [-0.1, -0.05) is 6.07 Å². The van der Waals surface area contributed by atoms with Crippen LogP contribution in [0.4, 0.5) is 0 Å². The van der Waals surface area contributed by atoms with Gasteiger partial charge in [0.1, 0.15) is 0 Å². The maximum atomic E-state index is 12.1. The number of aryl methyl sites for hydroxylation is 2. The number of rotatable bonds is 4. The van der Waals surface area contributed by atoms with Gasteiger partial charge in [-0.25, -0.2) is 4.79 Å². The minimum Gasteiger partial charge on any atom is -0.462 e. The van der Waals surface area contributed by atoms with E-state index < -0.39 is 0 Å². The van der Waals surface area contributed by atoms with E-state index in [0.717, 1.165) is 11.1 Å². The summed E-state index contributed by atoms with van der Waals surface area (Å²) in [7, 11) is 1.83. The normalized spacial score (nSPS) is 11.4.